The molecule has 0 aliphatic heterocycles. The summed E-state index contributed by atoms with van der Waals surface area (Å²) in [4.78, 5) is 40.7. The van der Waals surface area contributed by atoms with Crippen molar-refractivity contribution in [1.82, 2.24) is 9.47 Å². The lowest BCUT2D eigenvalue weighted by atomic mass is 9.98. The Kier molecular flexibility index (Phi) is 6.48. The molecule has 2 aromatic rings. The molecule has 0 aromatic carbocycles. The minimum atomic E-state index is -0.687. The lowest BCUT2D eigenvalue weighted by molar-refractivity contribution is -0.137. The normalized spacial score (nSPS) is 15.2. The fourth-order valence-corrected chi connectivity index (χ4v) is 4.46. The second kappa shape index (κ2) is 8.90. The van der Waals surface area contributed by atoms with Gasteiger partial charge >= 0.3 is 5.97 Å². The first-order valence-electron chi connectivity index (χ1n) is 10.4. The maximum atomic E-state index is 13.6. The Morgan fingerprint density at radius 1 is 1.27 bits per heavy atom. The third-order valence-corrected chi connectivity index (χ3v) is 6.30. The maximum Gasteiger partial charge on any atom is 0.354 e. The molecule has 30 heavy (non-hydrogen) atoms. The summed E-state index contributed by atoms with van der Waals surface area (Å²) in [6.45, 7) is 5.54. The summed E-state index contributed by atoms with van der Waals surface area (Å²) in [6.07, 6.45) is 5.34. The van der Waals surface area contributed by atoms with Gasteiger partial charge in [-0.15, -0.1) is 0 Å². The van der Waals surface area contributed by atoms with Crippen molar-refractivity contribution in [2.45, 2.75) is 59.0 Å². The molecule has 0 saturated heterocycles. The Morgan fingerprint density at radius 3 is 2.50 bits per heavy atom. The molecule has 1 amide bonds. The second-order valence-corrected chi connectivity index (χ2v) is 8.05. The monoisotopic (exact) mass is 414 g/mol. The van der Waals surface area contributed by atoms with Crippen LogP contribution in [0.2, 0.25) is 0 Å². The molecule has 0 N–H and O–H groups in total. The smallest absolute Gasteiger partial charge is 0.354 e. The van der Waals surface area contributed by atoms with E-state index in [9.17, 15) is 14.4 Å². The zero-order chi connectivity index (χ0) is 22.0. The van der Waals surface area contributed by atoms with Gasteiger partial charge in [0.05, 0.1) is 26.0 Å². The van der Waals surface area contributed by atoms with E-state index in [0.29, 0.717) is 28.3 Å². The quantitative estimate of drug-likeness (QED) is 0.508. The molecule has 1 atom stereocenters. The number of ether oxygens (including phenoxy) is 1. The van der Waals surface area contributed by atoms with E-state index in [2.05, 4.69) is 0 Å². The van der Waals surface area contributed by atoms with Crippen LogP contribution in [-0.2, 0) is 23.1 Å². The molecule has 0 spiro atoms. The number of hydrogen-bond donors (Lipinski definition) is 0. The Labute approximate surface area is 177 Å². The number of carbonyl (C=O) groups is 3. The van der Waals surface area contributed by atoms with Crippen LogP contribution in [0.1, 0.15) is 70.5 Å². The van der Waals surface area contributed by atoms with E-state index < -0.39 is 12.0 Å². The molecule has 2 heterocycles. The molecule has 2 aromatic heterocycles. The van der Waals surface area contributed by atoms with Gasteiger partial charge in [-0.05, 0) is 51.3 Å². The first-order valence-corrected chi connectivity index (χ1v) is 10.4. The van der Waals surface area contributed by atoms with E-state index in [0.717, 1.165) is 25.7 Å². The van der Waals surface area contributed by atoms with Gasteiger partial charge in [0.2, 0.25) is 5.91 Å². The Bertz CT molecular complexity index is 935. The SMILES string of the molecule is COC(=O)c1c(C)c(C(=O)[C@@H](C)N(Cc2ccco2)C(=O)C2CCCC2)c(C)n1C. The highest BCUT2D eigenvalue weighted by atomic mass is 16.5. The zero-order valence-corrected chi connectivity index (χ0v) is 18.4. The lowest BCUT2D eigenvalue weighted by Crippen LogP contribution is -2.45. The van der Waals surface area contributed by atoms with Crippen LogP contribution in [0.15, 0.2) is 22.8 Å². The van der Waals surface area contributed by atoms with Gasteiger partial charge in [-0.2, -0.15) is 0 Å². The predicted molar refractivity (Wildman–Crippen MR) is 111 cm³/mol. The largest absolute Gasteiger partial charge is 0.467 e. The van der Waals surface area contributed by atoms with Crippen molar-refractivity contribution in [3.8, 4) is 0 Å². The summed E-state index contributed by atoms with van der Waals surface area (Å²) in [6, 6.07) is 2.89. The number of methoxy groups -OCH3 is 1. The second-order valence-electron chi connectivity index (χ2n) is 8.05. The zero-order valence-electron chi connectivity index (χ0n) is 18.4. The van der Waals surface area contributed by atoms with Crippen LogP contribution in [0, 0.1) is 19.8 Å². The van der Waals surface area contributed by atoms with Crippen molar-refractivity contribution < 1.29 is 23.5 Å². The summed E-state index contributed by atoms with van der Waals surface area (Å²) >= 11 is 0. The molecule has 1 aliphatic rings. The van der Waals surface area contributed by atoms with Crippen LogP contribution < -0.4 is 0 Å². The lowest BCUT2D eigenvalue weighted by Gasteiger charge is -2.30. The van der Waals surface area contributed by atoms with Gasteiger partial charge in [-0.3, -0.25) is 9.59 Å². The van der Waals surface area contributed by atoms with E-state index in [1.54, 1.807) is 55.7 Å². The Morgan fingerprint density at radius 2 is 1.93 bits per heavy atom. The minimum absolute atomic E-state index is 0.0100. The van der Waals surface area contributed by atoms with Crippen molar-refractivity contribution in [2.75, 3.05) is 7.11 Å². The Balaban J connectivity index is 1.96. The minimum Gasteiger partial charge on any atom is -0.467 e. The van der Waals surface area contributed by atoms with Gasteiger partial charge in [0.25, 0.3) is 0 Å². The fourth-order valence-electron chi connectivity index (χ4n) is 4.46. The van der Waals surface area contributed by atoms with Crippen LogP contribution in [0.25, 0.3) is 0 Å². The summed E-state index contributed by atoms with van der Waals surface area (Å²) in [7, 11) is 3.06. The molecule has 0 radical (unpaired) electrons. The van der Waals surface area contributed by atoms with E-state index >= 15 is 0 Å². The highest BCUT2D eigenvalue weighted by Crippen LogP contribution is 2.30. The van der Waals surface area contributed by atoms with Gasteiger partial charge < -0.3 is 18.6 Å². The van der Waals surface area contributed by atoms with Crippen LogP contribution in [0.4, 0.5) is 0 Å². The number of aromatic nitrogens is 1. The first-order chi connectivity index (χ1) is 14.3. The van der Waals surface area contributed by atoms with Crippen molar-refractivity contribution in [3.63, 3.8) is 0 Å². The van der Waals surface area contributed by atoms with Crippen molar-refractivity contribution in [3.05, 3.63) is 46.7 Å². The predicted octanol–water partition coefficient (Wildman–Crippen LogP) is 3.81. The molecule has 7 heteroatoms. The summed E-state index contributed by atoms with van der Waals surface area (Å²) in [5.74, 6) is -0.103. The number of nitrogens with zero attached hydrogens (tertiary/aromatic N) is 2. The number of rotatable bonds is 7. The molecule has 0 unspecified atom stereocenters. The molecule has 7 nitrogen and oxygen atoms in total. The topological polar surface area (TPSA) is 81.8 Å². The van der Waals surface area contributed by atoms with Crippen molar-refractivity contribution >= 4 is 17.7 Å². The number of ketones is 1. The van der Waals surface area contributed by atoms with E-state index in [1.807, 2.05) is 0 Å². The summed E-state index contributed by atoms with van der Waals surface area (Å²) in [5.41, 5.74) is 2.07. The number of Topliss-reactive ketones (excluding diaryl/α,β-unsaturated/α-hetero) is 1. The molecule has 1 fully saturated rings. The van der Waals surface area contributed by atoms with Gasteiger partial charge in [0.1, 0.15) is 11.5 Å². The number of furan rings is 1. The van der Waals surface area contributed by atoms with Gasteiger partial charge in [-0.25, -0.2) is 4.79 Å². The van der Waals surface area contributed by atoms with Crippen LogP contribution in [0.3, 0.4) is 0 Å². The molecule has 162 valence electrons. The van der Waals surface area contributed by atoms with E-state index in [1.165, 1.54) is 7.11 Å². The maximum absolute atomic E-state index is 13.6. The van der Waals surface area contributed by atoms with E-state index in [4.69, 9.17) is 9.15 Å². The molecular formula is C23H30N2O5. The van der Waals surface area contributed by atoms with Gasteiger partial charge in [-0.1, -0.05) is 12.8 Å². The number of hydrogen-bond acceptors (Lipinski definition) is 5. The molecule has 0 bridgehead atoms. The van der Waals surface area contributed by atoms with Gasteiger partial charge in [0, 0.05) is 24.2 Å². The first kappa shape index (κ1) is 21.9. The molecule has 3 rings (SSSR count). The Hall–Kier alpha value is -2.83. The number of esters is 1. The van der Waals surface area contributed by atoms with Crippen LogP contribution >= 0.6 is 0 Å². The highest BCUT2D eigenvalue weighted by Gasteiger charge is 2.36. The van der Waals surface area contributed by atoms with Crippen molar-refractivity contribution in [1.29, 1.82) is 0 Å². The average Bonchev–Trinajstić information content (AvgIpc) is 3.47. The van der Waals surface area contributed by atoms with E-state index in [-0.39, 0.29) is 24.2 Å². The average molecular weight is 415 g/mol. The van der Waals surface area contributed by atoms with Crippen LogP contribution in [-0.4, -0.2) is 40.3 Å². The highest BCUT2D eigenvalue weighted by molar-refractivity contribution is 6.06. The van der Waals surface area contributed by atoms with Gasteiger partial charge in [0.15, 0.2) is 5.78 Å². The third kappa shape index (κ3) is 3.93. The van der Waals surface area contributed by atoms with Crippen LogP contribution in [0.5, 0.6) is 0 Å². The van der Waals surface area contributed by atoms with Crippen molar-refractivity contribution in [2.24, 2.45) is 13.0 Å². The number of carbonyl (C=O) groups excluding carboxylic acids is 3. The summed E-state index contributed by atoms with van der Waals surface area (Å²) < 4.78 is 12.0. The molecule has 1 saturated carbocycles. The fraction of sp³-hybridized carbons (Fsp3) is 0.522. The molecule has 1 aliphatic carbocycles. The number of amides is 1. The molecular weight excluding hydrogens is 384 g/mol. The summed E-state index contributed by atoms with van der Waals surface area (Å²) in [5, 5.41) is 0. The standard InChI is InChI=1S/C23H30N2O5/c1-14-19(15(2)24(4)20(14)23(28)29-5)21(26)16(3)25(13-18-11-8-12-30-18)22(27)17-9-6-7-10-17/h8,11-12,16-17H,6-7,9-10,13H2,1-5H3/t16-/m1/s1. The third-order valence-electron chi connectivity index (χ3n) is 6.30.